The van der Waals surface area contributed by atoms with E-state index in [1.54, 1.807) is 6.20 Å². The van der Waals surface area contributed by atoms with Crippen molar-refractivity contribution in [3.8, 4) is 17.0 Å². The minimum atomic E-state index is 0.0967. The topological polar surface area (TPSA) is 79.4 Å². The molecule has 1 aromatic carbocycles. The molecule has 35 heavy (non-hydrogen) atoms. The molecule has 0 saturated carbocycles. The Kier molecular flexibility index (Phi) is 8.32. The Bertz CT molecular complexity index is 1120. The maximum Gasteiger partial charge on any atom is 0.237 e. The number of amides is 1. The van der Waals surface area contributed by atoms with E-state index in [0.29, 0.717) is 38.1 Å². The molecule has 1 aliphatic carbocycles. The summed E-state index contributed by atoms with van der Waals surface area (Å²) in [6.07, 6.45) is 11.9. The third-order valence-electron chi connectivity index (χ3n) is 5.90. The Morgan fingerprint density at radius 2 is 2.17 bits per heavy atom. The number of fused-ring (bicyclic) bond motifs is 6. The first kappa shape index (κ1) is 24.7. The minimum Gasteiger partial charge on any atom is -0.493 e. The van der Waals surface area contributed by atoms with Crippen LogP contribution < -0.4 is 15.4 Å². The Hall–Kier alpha value is -3.45. The van der Waals surface area contributed by atoms with Crippen LogP contribution in [0.4, 0.5) is 5.95 Å². The van der Waals surface area contributed by atoms with Gasteiger partial charge in [0.1, 0.15) is 5.75 Å². The lowest BCUT2D eigenvalue weighted by Gasteiger charge is -2.27. The number of nitrogens with zero attached hydrogens (tertiary/aromatic N) is 3. The summed E-state index contributed by atoms with van der Waals surface area (Å²) >= 11 is 0. The summed E-state index contributed by atoms with van der Waals surface area (Å²) in [6, 6.07) is 10.1. The van der Waals surface area contributed by atoms with Gasteiger partial charge in [0, 0.05) is 36.6 Å². The number of anilines is 1. The van der Waals surface area contributed by atoms with Crippen LogP contribution in [-0.2, 0) is 4.79 Å². The Labute approximate surface area is 208 Å². The van der Waals surface area contributed by atoms with Crippen molar-refractivity contribution in [3.05, 3.63) is 72.1 Å². The fourth-order valence-corrected chi connectivity index (χ4v) is 4.22. The number of rotatable bonds is 3. The molecule has 1 amide bonds. The van der Waals surface area contributed by atoms with Crippen molar-refractivity contribution < 1.29 is 9.53 Å². The molecular formula is C28H35N5O2. The minimum absolute atomic E-state index is 0.0967. The van der Waals surface area contributed by atoms with E-state index in [1.165, 1.54) is 5.57 Å². The van der Waals surface area contributed by atoms with Crippen molar-refractivity contribution in [2.24, 2.45) is 5.92 Å². The van der Waals surface area contributed by atoms with Gasteiger partial charge in [0.05, 0.1) is 18.8 Å². The molecule has 6 bridgehead atoms. The molecule has 1 aromatic heterocycles. The van der Waals surface area contributed by atoms with Gasteiger partial charge >= 0.3 is 0 Å². The SMILES string of the molecule is CC1C=C2C=C(C1)CN(C(=O)CNC(C)C)C/C=C/CCOc1cccc(c1)-c1ccnc(n1)N2. The van der Waals surface area contributed by atoms with E-state index in [9.17, 15) is 4.79 Å². The predicted octanol–water partition coefficient (Wildman–Crippen LogP) is 4.57. The second kappa shape index (κ2) is 11.8. The fourth-order valence-electron chi connectivity index (χ4n) is 4.22. The quantitative estimate of drug-likeness (QED) is 0.636. The molecule has 7 nitrogen and oxygen atoms in total. The van der Waals surface area contributed by atoms with Gasteiger partial charge in [-0.15, -0.1) is 0 Å². The van der Waals surface area contributed by atoms with Gasteiger partial charge in [-0.1, -0.05) is 51.1 Å². The van der Waals surface area contributed by atoms with Crippen molar-refractivity contribution >= 4 is 11.9 Å². The molecule has 0 saturated heterocycles. The smallest absolute Gasteiger partial charge is 0.237 e. The first-order chi connectivity index (χ1) is 17.0. The molecule has 1 unspecified atom stereocenters. The zero-order chi connectivity index (χ0) is 24.6. The van der Waals surface area contributed by atoms with Crippen LogP contribution in [0.3, 0.4) is 0 Å². The van der Waals surface area contributed by atoms with Gasteiger partial charge < -0.3 is 20.3 Å². The molecule has 2 aromatic rings. The Morgan fingerprint density at radius 3 is 3.03 bits per heavy atom. The second-order valence-electron chi connectivity index (χ2n) is 9.44. The fraction of sp³-hybridized carbons (Fsp3) is 0.393. The van der Waals surface area contributed by atoms with Crippen LogP contribution in [0.25, 0.3) is 11.3 Å². The number of carbonyl (C=O) groups is 1. The summed E-state index contributed by atoms with van der Waals surface area (Å²) in [5, 5.41) is 6.63. The molecule has 2 N–H and O–H groups in total. The standard InChI is InChI=1S/C28H35N5O2/c1-20(2)30-18-27(34)33-12-5-4-6-13-35-25-9-7-8-23(17-25)26-10-11-29-28(32-26)31-24-15-21(3)14-22(16-24)19-33/h4-5,7-11,15-17,20-21,30H,6,12-14,18-19H2,1-3H3,(H,29,31,32)/b5-4+. The van der Waals surface area contributed by atoms with Gasteiger partial charge in [0.25, 0.3) is 0 Å². The van der Waals surface area contributed by atoms with Gasteiger partial charge in [0.2, 0.25) is 11.9 Å². The highest BCUT2D eigenvalue weighted by molar-refractivity contribution is 5.78. The number of hydrogen-bond acceptors (Lipinski definition) is 6. The third kappa shape index (κ3) is 7.26. The number of nitrogens with one attached hydrogen (secondary N) is 2. The van der Waals surface area contributed by atoms with Gasteiger partial charge in [-0.25, -0.2) is 9.97 Å². The van der Waals surface area contributed by atoms with Crippen LogP contribution in [0.2, 0.25) is 0 Å². The van der Waals surface area contributed by atoms with Crippen LogP contribution in [-0.4, -0.2) is 53.1 Å². The van der Waals surface area contributed by atoms with Gasteiger partial charge in [0.15, 0.2) is 0 Å². The monoisotopic (exact) mass is 473 g/mol. The first-order valence-corrected chi connectivity index (χ1v) is 12.4. The largest absolute Gasteiger partial charge is 0.493 e. The number of aromatic nitrogens is 2. The molecule has 184 valence electrons. The molecule has 4 rings (SSSR count). The van der Waals surface area contributed by atoms with Crippen molar-refractivity contribution in [2.45, 2.75) is 39.7 Å². The van der Waals surface area contributed by atoms with Crippen LogP contribution in [0.15, 0.2) is 72.1 Å². The van der Waals surface area contributed by atoms with Crippen LogP contribution >= 0.6 is 0 Å². The molecule has 0 spiro atoms. The van der Waals surface area contributed by atoms with Crippen molar-refractivity contribution in [1.29, 1.82) is 0 Å². The van der Waals surface area contributed by atoms with E-state index >= 15 is 0 Å². The van der Waals surface area contributed by atoms with E-state index in [2.05, 4.69) is 46.8 Å². The van der Waals surface area contributed by atoms with Gasteiger partial charge in [-0.3, -0.25) is 4.79 Å². The lowest BCUT2D eigenvalue weighted by molar-refractivity contribution is -0.129. The van der Waals surface area contributed by atoms with Crippen LogP contribution in [0.5, 0.6) is 5.75 Å². The van der Waals surface area contributed by atoms with E-state index in [4.69, 9.17) is 9.72 Å². The van der Waals surface area contributed by atoms with Crippen LogP contribution in [0, 0.1) is 5.92 Å². The summed E-state index contributed by atoms with van der Waals surface area (Å²) in [5.74, 6) is 1.79. The van der Waals surface area contributed by atoms with E-state index in [1.807, 2.05) is 49.1 Å². The second-order valence-corrected chi connectivity index (χ2v) is 9.44. The lowest BCUT2D eigenvalue weighted by atomic mass is 9.93. The lowest BCUT2D eigenvalue weighted by Crippen LogP contribution is -2.41. The number of ether oxygens (including phenoxy) is 1. The average molecular weight is 474 g/mol. The highest BCUT2D eigenvalue weighted by Gasteiger charge is 2.19. The predicted molar refractivity (Wildman–Crippen MR) is 140 cm³/mol. The van der Waals surface area contributed by atoms with Crippen molar-refractivity contribution in [1.82, 2.24) is 20.2 Å². The van der Waals surface area contributed by atoms with Crippen LogP contribution in [0.1, 0.15) is 33.6 Å². The maximum absolute atomic E-state index is 13.0. The Morgan fingerprint density at radius 1 is 1.29 bits per heavy atom. The van der Waals surface area contributed by atoms with Crippen molar-refractivity contribution in [3.63, 3.8) is 0 Å². The average Bonchev–Trinajstić information content (AvgIpc) is 2.83. The van der Waals surface area contributed by atoms with E-state index in [-0.39, 0.29) is 11.9 Å². The summed E-state index contributed by atoms with van der Waals surface area (Å²) in [4.78, 5) is 24.1. The molecular weight excluding hydrogens is 438 g/mol. The highest BCUT2D eigenvalue weighted by atomic mass is 16.5. The zero-order valence-electron chi connectivity index (χ0n) is 20.8. The summed E-state index contributed by atoms with van der Waals surface area (Å²) in [6.45, 7) is 8.34. The summed E-state index contributed by atoms with van der Waals surface area (Å²) in [5.41, 5.74) is 3.98. The molecule has 0 radical (unpaired) electrons. The normalized spacial score (nSPS) is 19.4. The zero-order valence-corrected chi connectivity index (χ0v) is 20.8. The molecule has 1 aliphatic heterocycles. The van der Waals surface area contributed by atoms with Crippen molar-refractivity contribution in [2.75, 3.05) is 31.6 Å². The number of carbonyl (C=O) groups excluding carboxylic acids is 1. The number of benzene rings is 1. The molecule has 2 heterocycles. The summed E-state index contributed by atoms with van der Waals surface area (Å²) < 4.78 is 5.96. The third-order valence-corrected chi connectivity index (χ3v) is 5.90. The molecule has 0 fully saturated rings. The van der Waals surface area contributed by atoms with E-state index in [0.717, 1.165) is 35.5 Å². The van der Waals surface area contributed by atoms with Gasteiger partial charge in [-0.2, -0.15) is 0 Å². The molecule has 7 heteroatoms. The van der Waals surface area contributed by atoms with Gasteiger partial charge in [-0.05, 0) is 48.6 Å². The highest BCUT2D eigenvalue weighted by Crippen LogP contribution is 2.26. The number of hydrogen-bond donors (Lipinski definition) is 2. The summed E-state index contributed by atoms with van der Waals surface area (Å²) in [7, 11) is 0. The van der Waals surface area contributed by atoms with E-state index < -0.39 is 0 Å². The molecule has 2 aliphatic rings. The Balaban J connectivity index is 1.62. The number of allylic oxidation sites excluding steroid dienone is 2. The maximum atomic E-state index is 13.0. The first-order valence-electron chi connectivity index (χ1n) is 12.4. The molecule has 1 atom stereocenters.